The lowest BCUT2D eigenvalue weighted by Gasteiger charge is -2.08. The average Bonchev–Trinajstić information content (AvgIpc) is 2.44. The van der Waals surface area contributed by atoms with Crippen LogP contribution in [0.1, 0.15) is 15.9 Å². The first kappa shape index (κ1) is 19.0. The van der Waals surface area contributed by atoms with Gasteiger partial charge in [-0.05, 0) is 24.6 Å². The fraction of sp³-hybridized carbons (Fsp3) is 0.417. The van der Waals surface area contributed by atoms with Gasteiger partial charge in [0.15, 0.2) is 11.1 Å². The van der Waals surface area contributed by atoms with Crippen LogP contribution < -0.4 is 5.32 Å². The van der Waals surface area contributed by atoms with Crippen LogP contribution in [-0.2, 0) is 25.4 Å². The predicted molar refractivity (Wildman–Crippen MR) is 83.0 cm³/mol. The number of amides is 1. The number of carbonyl (C=O) groups excluding carboxylic acids is 1. The van der Waals surface area contributed by atoms with E-state index in [2.05, 4.69) is 5.32 Å². The molecular formula is C12H16ClNO6S2. The maximum absolute atomic E-state index is 11.9. The molecule has 0 saturated heterocycles. The summed E-state index contributed by atoms with van der Waals surface area (Å²) in [5.41, 5.74) is 0.403. The summed E-state index contributed by atoms with van der Waals surface area (Å²) >= 11 is 3.83. The monoisotopic (exact) mass is 369 g/mol. The quantitative estimate of drug-likeness (QED) is 0.520. The van der Waals surface area contributed by atoms with E-state index in [0.29, 0.717) is 5.56 Å². The van der Waals surface area contributed by atoms with E-state index < -0.39 is 27.1 Å². The predicted octanol–water partition coefficient (Wildman–Crippen LogP) is 0.891. The number of hydrogen-bond donors (Lipinski definition) is 2. The van der Waals surface area contributed by atoms with Gasteiger partial charge in [0.05, 0.1) is 17.3 Å². The van der Waals surface area contributed by atoms with Gasteiger partial charge in [-0.15, -0.1) is 11.6 Å². The van der Waals surface area contributed by atoms with Crippen LogP contribution in [0.3, 0.4) is 0 Å². The fourth-order valence-corrected chi connectivity index (χ4v) is 3.13. The standard InChI is InChI=1S/C12H16ClNO6S2/c1-9-2-3-10(8-11(9)22(17,18)19)12(15)14-5-7-21(16)20-6-4-13/h2-3,8H,4-7H2,1H3,(H,14,15)(H,17,18,19). The van der Waals surface area contributed by atoms with Gasteiger partial charge in [0.2, 0.25) is 0 Å². The van der Waals surface area contributed by atoms with E-state index in [0.717, 1.165) is 6.07 Å². The maximum atomic E-state index is 11.9. The molecule has 1 amide bonds. The van der Waals surface area contributed by atoms with Gasteiger partial charge in [-0.1, -0.05) is 6.07 Å². The first-order chi connectivity index (χ1) is 10.3. The first-order valence-electron chi connectivity index (χ1n) is 6.19. The van der Waals surface area contributed by atoms with Gasteiger partial charge >= 0.3 is 0 Å². The zero-order chi connectivity index (χ0) is 16.8. The molecule has 0 aromatic heterocycles. The van der Waals surface area contributed by atoms with E-state index >= 15 is 0 Å². The molecule has 0 aliphatic heterocycles. The van der Waals surface area contributed by atoms with Gasteiger partial charge in [0, 0.05) is 18.0 Å². The molecule has 0 aliphatic rings. The summed E-state index contributed by atoms with van der Waals surface area (Å²) in [4.78, 5) is 11.6. The van der Waals surface area contributed by atoms with Gasteiger partial charge in [-0.25, -0.2) is 4.21 Å². The molecule has 0 saturated carbocycles. The van der Waals surface area contributed by atoms with Crippen molar-refractivity contribution >= 4 is 38.7 Å². The lowest BCUT2D eigenvalue weighted by atomic mass is 10.1. The normalized spacial score (nSPS) is 12.9. The van der Waals surface area contributed by atoms with Gasteiger partial charge in [-0.2, -0.15) is 8.42 Å². The number of halogens is 1. The highest BCUT2D eigenvalue weighted by Crippen LogP contribution is 2.16. The van der Waals surface area contributed by atoms with Crippen LogP contribution in [-0.4, -0.2) is 47.9 Å². The molecule has 7 nitrogen and oxygen atoms in total. The summed E-state index contributed by atoms with van der Waals surface area (Å²) in [6.07, 6.45) is 0. The Morgan fingerprint density at radius 2 is 2.14 bits per heavy atom. The van der Waals surface area contributed by atoms with Gasteiger partial charge < -0.3 is 5.32 Å². The van der Waals surface area contributed by atoms with Crippen molar-refractivity contribution in [1.82, 2.24) is 5.32 Å². The Balaban J connectivity index is 2.65. The van der Waals surface area contributed by atoms with Crippen molar-refractivity contribution in [2.75, 3.05) is 24.8 Å². The Hall–Kier alpha value is -1.00. The molecule has 1 atom stereocenters. The topological polar surface area (TPSA) is 110 Å². The molecular weight excluding hydrogens is 354 g/mol. The van der Waals surface area contributed by atoms with Crippen molar-refractivity contribution in [2.45, 2.75) is 11.8 Å². The zero-order valence-electron chi connectivity index (χ0n) is 11.7. The molecule has 10 heteroatoms. The number of aryl methyl sites for hydroxylation is 1. The maximum Gasteiger partial charge on any atom is 0.294 e. The molecule has 124 valence electrons. The van der Waals surface area contributed by atoms with Crippen molar-refractivity contribution in [3.8, 4) is 0 Å². The number of alkyl halides is 1. The highest BCUT2D eigenvalue weighted by atomic mass is 35.5. The summed E-state index contributed by atoms with van der Waals surface area (Å²) in [5, 5.41) is 2.48. The molecule has 1 aromatic rings. The molecule has 1 aromatic carbocycles. The summed E-state index contributed by atoms with van der Waals surface area (Å²) in [6.45, 7) is 1.74. The van der Waals surface area contributed by atoms with Crippen molar-refractivity contribution in [3.05, 3.63) is 29.3 Å². The van der Waals surface area contributed by atoms with Crippen molar-refractivity contribution in [2.24, 2.45) is 0 Å². The van der Waals surface area contributed by atoms with Crippen LogP contribution in [0.2, 0.25) is 0 Å². The van der Waals surface area contributed by atoms with Crippen LogP contribution in [0, 0.1) is 6.92 Å². The summed E-state index contributed by atoms with van der Waals surface area (Å²) in [6, 6.07) is 3.93. The molecule has 0 heterocycles. The number of nitrogens with one attached hydrogen (secondary N) is 1. The molecule has 2 N–H and O–H groups in total. The van der Waals surface area contributed by atoms with E-state index in [-0.39, 0.29) is 35.2 Å². The molecule has 22 heavy (non-hydrogen) atoms. The van der Waals surface area contributed by atoms with E-state index in [1.165, 1.54) is 19.1 Å². The second kappa shape index (κ2) is 8.59. The number of hydrogen-bond acceptors (Lipinski definition) is 5. The lowest BCUT2D eigenvalue weighted by molar-refractivity contribution is 0.0956. The van der Waals surface area contributed by atoms with Crippen molar-refractivity contribution < 1.29 is 26.2 Å². The van der Waals surface area contributed by atoms with Gasteiger partial charge in [-0.3, -0.25) is 13.5 Å². The minimum absolute atomic E-state index is 0.0747. The van der Waals surface area contributed by atoms with Crippen LogP contribution in [0.4, 0.5) is 0 Å². The molecule has 1 rings (SSSR count). The smallest absolute Gasteiger partial charge is 0.294 e. The fourth-order valence-electron chi connectivity index (χ4n) is 1.55. The number of carbonyl (C=O) groups is 1. The number of rotatable bonds is 8. The summed E-state index contributed by atoms with van der Waals surface area (Å²) in [7, 11) is -4.39. The van der Waals surface area contributed by atoms with Crippen LogP contribution >= 0.6 is 11.6 Å². The third-order valence-electron chi connectivity index (χ3n) is 2.57. The molecule has 0 fully saturated rings. The van der Waals surface area contributed by atoms with Crippen molar-refractivity contribution in [3.63, 3.8) is 0 Å². The Morgan fingerprint density at radius 3 is 2.73 bits per heavy atom. The second-order valence-corrected chi connectivity index (χ2v) is 7.25. The minimum atomic E-state index is -4.39. The second-order valence-electron chi connectivity index (χ2n) is 4.23. The largest absolute Gasteiger partial charge is 0.351 e. The third kappa shape index (κ3) is 6.01. The molecule has 0 radical (unpaired) electrons. The molecule has 0 bridgehead atoms. The summed E-state index contributed by atoms with van der Waals surface area (Å²) < 4.78 is 47.6. The minimum Gasteiger partial charge on any atom is -0.351 e. The van der Waals surface area contributed by atoms with E-state index in [1.807, 2.05) is 0 Å². The molecule has 0 aliphatic carbocycles. The summed E-state index contributed by atoms with van der Waals surface area (Å²) in [5.74, 6) is -0.237. The van der Waals surface area contributed by atoms with E-state index in [4.69, 9.17) is 20.3 Å². The van der Waals surface area contributed by atoms with Crippen LogP contribution in [0.5, 0.6) is 0 Å². The SMILES string of the molecule is Cc1ccc(C(=O)NCCS(=O)OCCCl)cc1S(=O)(=O)O. The van der Waals surface area contributed by atoms with Crippen LogP contribution in [0.25, 0.3) is 0 Å². The van der Waals surface area contributed by atoms with E-state index in [1.54, 1.807) is 0 Å². The third-order valence-corrected chi connectivity index (χ3v) is 4.69. The van der Waals surface area contributed by atoms with E-state index in [9.17, 15) is 17.4 Å². The Labute approximate surface area is 136 Å². The molecule has 1 unspecified atom stereocenters. The Morgan fingerprint density at radius 1 is 1.45 bits per heavy atom. The first-order valence-corrected chi connectivity index (χ1v) is 9.41. The average molecular weight is 370 g/mol. The van der Waals surface area contributed by atoms with Gasteiger partial charge in [0.1, 0.15) is 0 Å². The van der Waals surface area contributed by atoms with Crippen molar-refractivity contribution in [1.29, 1.82) is 0 Å². The number of benzene rings is 1. The van der Waals surface area contributed by atoms with Gasteiger partial charge in [0.25, 0.3) is 16.0 Å². The Kier molecular flexibility index (Phi) is 7.43. The zero-order valence-corrected chi connectivity index (χ0v) is 14.1. The highest BCUT2D eigenvalue weighted by Gasteiger charge is 2.16. The highest BCUT2D eigenvalue weighted by molar-refractivity contribution is 7.85. The Bertz CT molecular complexity index is 662. The van der Waals surface area contributed by atoms with Crippen LogP contribution in [0.15, 0.2) is 23.1 Å². The molecule has 0 spiro atoms. The lowest BCUT2D eigenvalue weighted by Crippen LogP contribution is -2.28.